The van der Waals surface area contributed by atoms with E-state index in [0.29, 0.717) is 6.42 Å². The minimum atomic E-state index is -1.23. The van der Waals surface area contributed by atoms with Gasteiger partial charge in [-0.2, -0.15) is 11.8 Å². The number of carbonyl (C=O) groups excluding carboxylic acids is 3. The Labute approximate surface area is 202 Å². The number of Topliss-reactive ketones (excluding diaryl/α,β-unsaturated/α-hetero) is 1. The molecule has 0 spiro atoms. The fourth-order valence-corrected chi connectivity index (χ4v) is 5.27. The van der Waals surface area contributed by atoms with Gasteiger partial charge in [0.2, 0.25) is 11.8 Å². The number of thioether (sulfide) groups is 1. The smallest absolute Gasteiger partial charge is 0.322 e. The van der Waals surface area contributed by atoms with Crippen LogP contribution in [0.5, 0.6) is 0 Å². The number of ketones is 1. The number of carbonyl (C=O) groups is 5. The summed E-state index contributed by atoms with van der Waals surface area (Å²) in [5, 5.41) is 22.4. The normalized spacial score (nSPS) is 18.4. The number of nitrogens with two attached hydrogens (primary N) is 1. The average molecular weight is 494 g/mol. The molecule has 6 N–H and O–H groups in total. The van der Waals surface area contributed by atoms with Gasteiger partial charge in [-0.25, -0.2) is 0 Å². The molecule has 1 saturated carbocycles. The Hall–Kier alpha value is -2.92. The summed E-state index contributed by atoms with van der Waals surface area (Å²) in [5.41, 5.74) is 6.38. The molecule has 1 aliphatic rings. The second-order valence-electron chi connectivity index (χ2n) is 8.20. The van der Waals surface area contributed by atoms with Crippen LogP contribution in [0.3, 0.4) is 0 Å². The molecule has 11 heteroatoms. The zero-order chi connectivity index (χ0) is 25.1. The molecule has 10 nitrogen and oxygen atoms in total. The predicted octanol–water partition coefficient (Wildman–Crippen LogP) is 1.10. The molecule has 186 valence electrons. The molecule has 0 aliphatic heterocycles. The first-order valence-electron chi connectivity index (χ1n) is 11.2. The Morgan fingerprint density at radius 2 is 1.82 bits per heavy atom. The number of nitrogens with one attached hydrogen (secondary N) is 2. The van der Waals surface area contributed by atoms with Crippen LogP contribution in [0.15, 0.2) is 30.3 Å². The van der Waals surface area contributed by atoms with Crippen molar-refractivity contribution < 1.29 is 34.2 Å². The van der Waals surface area contributed by atoms with E-state index in [2.05, 4.69) is 10.6 Å². The standard InChI is InChI=1S/C23H31N3O7S/c24-16(23(32)33)10-11-19(28)26-17(22(31)25-12-20(29)30)13-34-21(14-6-2-1-3-7-14)15-8-4-5-9-18(15)27/h1-3,6-7,15-17,21H,4-5,8-13,24H2,(H,25,31)(H,26,28)(H,29,30)(H,32,33)/t15?,16-,17+,21?/m1/s1. The zero-order valence-corrected chi connectivity index (χ0v) is 19.6. The third-order valence-electron chi connectivity index (χ3n) is 5.60. The van der Waals surface area contributed by atoms with E-state index in [-0.39, 0.29) is 35.5 Å². The zero-order valence-electron chi connectivity index (χ0n) is 18.8. The fourth-order valence-electron chi connectivity index (χ4n) is 3.76. The topological polar surface area (TPSA) is 176 Å². The van der Waals surface area contributed by atoms with Crippen LogP contribution in [-0.4, -0.2) is 64.1 Å². The summed E-state index contributed by atoms with van der Waals surface area (Å²) in [4.78, 5) is 59.4. The van der Waals surface area contributed by atoms with Gasteiger partial charge < -0.3 is 26.6 Å². The molecule has 1 aromatic rings. The van der Waals surface area contributed by atoms with E-state index < -0.39 is 42.4 Å². The number of carboxylic acids is 2. The minimum absolute atomic E-state index is 0.103. The quantitative estimate of drug-likeness (QED) is 0.269. The van der Waals surface area contributed by atoms with Gasteiger partial charge in [0, 0.05) is 29.8 Å². The first kappa shape index (κ1) is 27.3. The second-order valence-corrected chi connectivity index (χ2v) is 9.37. The lowest BCUT2D eigenvalue weighted by Crippen LogP contribution is -2.49. The van der Waals surface area contributed by atoms with Crippen LogP contribution in [0.2, 0.25) is 0 Å². The monoisotopic (exact) mass is 493 g/mol. The van der Waals surface area contributed by atoms with Crippen LogP contribution in [0.1, 0.15) is 49.3 Å². The molecule has 2 rings (SSSR count). The first-order chi connectivity index (χ1) is 16.2. The lowest BCUT2D eigenvalue weighted by molar-refractivity contribution is -0.139. The van der Waals surface area contributed by atoms with Gasteiger partial charge in [-0.3, -0.25) is 24.0 Å². The summed E-state index contributed by atoms with van der Waals surface area (Å²) >= 11 is 1.36. The third-order valence-corrected chi connectivity index (χ3v) is 7.09. The third kappa shape index (κ3) is 8.79. The number of carboxylic acid groups (broad SMARTS) is 2. The highest BCUT2D eigenvalue weighted by Gasteiger charge is 2.33. The van der Waals surface area contributed by atoms with Crippen LogP contribution in [0.25, 0.3) is 0 Å². The van der Waals surface area contributed by atoms with E-state index in [9.17, 15) is 24.0 Å². The number of rotatable bonds is 13. The van der Waals surface area contributed by atoms with Crippen LogP contribution >= 0.6 is 11.8 Å². The van der Waals surface area contributed by atoms with Gasteiger partial charge in [-0.05, 0) is 24.8 Å². The van der Waals surface area contributed by atoms with E-state index in [1.54, 1.807) is 0 Å². The Bertz CT molecular complexity index is 881. The fraction of sp³-hybridized carbons (Fsp3) is 0.522. The number of benzene rings is 1. The number of hydrogen-bond acceptors (Lipinski definition) is 7. The molecular weight excluding hydrogens is 462 g/mol. The molecule has 0 saturated heterocycles. The van der Waals surface area contributed by atoms with Crippen LogP contribution < -0.4 is 16.4 Å². The first-order valence-corrected chi connectivity index (χ1v) is 12.2. The summed E-state index contributed by atoms with van der Waals surface area (Å²) in [6.45, 7) is -0.608. The van der Waals surface area contributed by atoms with Gasteiger partial charge in [0.1, 0.15) is 24.4 Å². The van der Waals surface area contributed by atoms with E-state index in [1.165, 1.54) is 11.8 Å². The van der Waals surface area contributed by atoms with Crippen molar-refractivity contribution in [3.63, 3.8) is 0 Å². The van der Waals surface area contributed by atoms with Crippen LogP contribution in [0.4, 0.5) is 0 Å². The molecule has 0 heterocycles. The van der Waals surface area contributed by atoms with E-state index in [4.69, 9.17) is 15.9 Å². The van der Waals surface area contributed by atoms with Gasteiger partial charge in [-0.15, -0.1) is 0 Å². The molecule has 2 amide bonds. The highest BCUT2D eigenvalue weighted by Crippen LogP contribution is 2.41. The second kappa shape index (κ2) is 13.7. The SMILES string of the molecule is N[C@H](CCC(=O)N[C@@H](CSC(c1ccccc1)C1CCCCC1=O)C(=O)NCC(=O)O)C(=O)O. The van der Waals surface area contributed by atoms with Gasteiger partial charge in [0.25, 0.3) is 0 Å². The van der Waals surface area contributed by atoms with E-state index in [1.807, 2.05) is 30.3 Å². The molecule has 4 atom stereocenters. The summed E-state index contributed by atoms with van der Waals surface area (Å²) in [7, 11) is 0. The summed E-state index contributed by atoms with van der Waals surface area (Å²) in [5.74, 6) is -3.65. The van der Waals surface area contributed by atoms with Gasteiger partial charge >= 0.3 is 11.9 Å². The maximum atomic E-state index is 12.7. The van der Waals surface area contributed by atoms with Crippen molar-refractivity contribution in [1.29, 1.82) is 0 Å². The summed E-state index contributed by atoms with van der Waals surface area (Å²) in [6.07, 6.45) is 2.73. The summed E-state index contributed by atoms with van der Waals surface area (Å²) < 4.78 is 0. The number of aliphatic carboxylic acids is 2. The largest absolute Gasteiger partial charge is 0.480 e. The van der Waals surface area contributed by atoms with Crippen molar-refractivity contribution in [3.8, 4) is 0 Å². The minimum Gasteiger partial charge on any atom is -0.480 e. The number of amides is 2. The van der Waals surface area contributed by atoms with Crippen molar-refractivity contribution in [2.75, 3.05) is 12.3 Å². The van der Waals surface area contributed by atoms with E-state index >= 15 is 0 Å². The molecule has 0 bridgehead atoms. The van der Waals surface area contributed by atoms with Crippen LogP contribution in [-0.2, 0) is 24.0 Å². The molecule has 1 aliphatic carbocycles. The summed E-state index contributed by atoms with van der Waals surface area (Å²) in [6, 6.07) is 7.19. The highest BCUT2D eigenvalue weighted by molar-refractivity contribution is 7.99. The molecule has 34 heavy (non-hydrogen) atoms. The van der Waals surface area contributed by atoms with Gasteiger partial charge in [0.05, 0.1) is 0 Å². The maximum Gasteiger partial charge on any atom is 0.322 e. The van der Waals surface area contributed by atoms with Crippen molar-refractivity contribution in [1.82, 2.24) is 10.6 Å². The molecule has 2 unspecified atom stereocenters. The molecule has 1 aromatic carbocycles. The Balaban J connectivity index is 2.13. The van der Waals surface area contributed by atoms with Crippen molar-refractivity contribution in [2.45, 2.75) is 55.9 Å². The van der Waals surface area contributed by atoms with Crippen molar-refractivity contribution >= 4 is 41.3 Å². The van der Waals surface area contributed by atoms with Crippen LogP contribution in [0, 0.1) is 5.92 Å². The van der Waals surface area contributed by atoms with Crippen molar-refractivity contribution in [2.24, 2.45) is 11.7 Å². The molecular formula is C23H31N3O7S. The average Bonchev–Trinajstić information content (AvgIpc) is 2.81. The lowest BCUT2D eigenvalue weighted by atomic mass is 9.83. The highest BCUT2D eigenvalue weighted by atomic mass is 32.2. The molecule has 1 fully saturated rings. The Kier molecular flexibility index (Phi) is 11.0. The lowest BCUT2D eigenvalue weighted by Gasteiger charge is -2.30. The van der Waals surface area contributed by atoms with Crippen molar-refractivity contribution in [3.05, 3.63) is 35.9 Å². The Morgan fingerprint density at radius 1 is 1.12 bits per heavy atom. The van der Waals surface area contributed by atoms with E-state index in [0.717, 1.165) is 24.8 Å². The Morgan fingerprint density at radius 3 is 2.44 bits per heavy atom. The number of hydrogen-bond donors (Lipinski definition) is 5. The van der Waals surface area contributed by atoms with Gasteiger partial charge in [0.15, 0.2) is 0 Å². The maximum absolute atomic E-state index is 12.7. The molecule has 0 aromatic heterocycles. The van der Waals surface area contributed by atoms with Gasteiger partial charge in [-0.1, -0.05) is 36.8 Å². The predicted molar refractivity (Wildman–Crippen MR) is 126 cm³/mol. The molecule has 0 radical (unpaired) electrons.